The number of piperazine rings is 1. The van der Waals surface area contributed by atoms with Gasteiger partial charge in [-0.1, -0.05) is 20.8 Å². The molecule has 0 aromatic carbocycles. The number of rotatable bonds is 4. The van der Waals surface area contributed by atoms with E-state index in [1.807, 2.05) is 27.7 Å². The van der Waals surface area contributed by atoms with Crippen molar-refractivity contribution in [3.8, 4) is 0 Å². The van der Waals surface area contributed by atoms with E-state index in [1.165, 1.54) is 0 Å². The summed E-state index contributed by atoms with van der Waals surface area (Å²) < 4.78 is 0. The van der Waals surface area contributed by atoms with E-state index < -0.39 is 5.41 Å². The van der Waals surface area contributed by atoms with Gasteiger partial charge in [-0.15, -0.1) is 0 Å². The summed E-state index contributed by atoms with van der Waals surface area (Å²) >= 11 is 0. The molecule has 1 heterocycles. The third-order valence-electron chi connectivity index (χ3n) is 3.55. The van der Waals surface area contributed by atoms with Crippen LogP contribution in [0, 0.1) is 5.41 Å². The Bertz CT molecular complexity index is 410. The average molecular weight is 312 g/mol. The lowest BCUT2D eigenvalue weighted by Gasteiger charge is -2.34. The fraction of sp³-hybridized carbons (Fsp3) is 0.800. The molecule has 0 saturated carbocycles. The third-order valence-corrected chi connectivity index (χ3v) is 3.55. The summed E-state index contributed by atoms with van der Waals surface area (Å²) in [4.78, 5) is 38.9. The van der Waals surface area contributed by atoms with Crippen LogP contribution in [0.5, 0.6) is 0 Å². The normalized spacial score (nSPS) is 15.5. The highest BCUT2D eigenvalue weighted by Crippen LogP contribution is 2.12. The van der Waals surface area contributed by atoms with E-state index in [4.69, 9.17) is 0 Å². The van der Waals surface area contributed by atoms with E-state index in [2.05, 4.69) is 10.6 Å². The molecule has 7 heteroatoms. The topological polar surface area (TPSA) is 81.8 Å². The summed E-state index contributed by atoms with van der Waals surface area (Å²) in [6, 6.07) is -0.0768. The molecule has 0 atom stereocenters. The Hall–Kier alpha value is -1.79. The molecule has 1 rings (SSSR count). The second kappa shape index (κ2) is 8.00. The Labute approximate surface area is 132 Å². The number of amides is 4. The minimum absolute atomic E-state index is 0.0183. The molecule has 0 radical (unpaired) electrons. The van der Waals surface area contributed by atoms with Crippen LogP contribution in [-0.2, 0) is 9.59 Å². The molecular formula is C15H28N4O3. The van der Waals surface area contributed by atoms with Crippen molar-refractivity contribution in [3.63, 3.8) is 0 Å². The predicted octanol–water partition coefficient (Wildman–Crippen LogP) is 0.413. The lowest BCUT2D eigenvalue weighted by molar-refractivity contribution is -0.133. The van der Waals surface area contributed by atoms with Gasteiger partial charge in [-0.3, -0.25) is 9.59 Å². The zero-order valence-electron chi connectivity index (χ0n) is 14.1. The van der Waals surface area contributed by atoms with Crippen LogP contribution in [0.1, 0.15) is 34.1 Å². The Morgan fingerprint density at radius 2 is 1.50 bits per heavy atom. The first-order valence-corrected chi connectivity index (χ1v) is 7.84. The maximum absolute atomic E-state index is 12.1. The Kier molecular flexibility index (Phi) is 6.64. The molecule has 126 valence electrons. The van der Waals surface area contributed by atoms with Gasteiger partial charge in [0.05, 0.1) is 0 Å². The average Bonchev–Trinajstić information content (AvgIpc) is 2.46. The molecule has 0 aromatic heterocycles. The molecule has 1 fully saturated rings. The first-order valence-electron chi connectivity index (χ1n) is 7.84. The number of nitrogens with one attached hydrogen (secondary N) is 2. The molecule has 2 N–H and O–H groups in total. The van der Waals surface area contributed by atoms with Gasteiger partial charge in [0.1, 0.15) is 0 Å². The smallest absolute Gasteiger partial charge is 0.317 e. The first-order chi connectivity index (χ1) is 10.3. The van der Waals surface area contributed by atoms with Crippen LogP contribution in [0.4, 0.5) is 4.79 Å². The molecule has 1 aliphatic heterocycles. The van der Waals surface area contributed by atoms with Crippen molar-refractivity contribution < 1.29 is 14.4 Å². The standard InChI is InChI=1S/C15H28N4O3/c1-5-16-14(22)19-10-8-18(9-11-19)12(20)6-7-17-13(21)15(2,3)4/h5-11H2,1-4H3,(H,16,22)(H,17,21). The largest absolute Gasteiger partial charge is 0.355 e. The van der Waals surface area contributed by atoms with Crippen LogP contribution in [0.25, 0.3) is 0 Å². The lowest BCUT2D eigenvalue weighted by Crippen LogP contribution is -2.53. The maximum Gasteiger partial charge on any atom is 0.317 e. The van der Waals surface area contributed by atoms with E-state index >= 15 is 0 Å². The summed E-state index contributed by atoms with van der Waals surface area (Å²) in [5.74, 6) is -0.0360. The van der Waals surface area contributed by atoms with Gasteiger partial charge in [-0.05, 0) is 6.92 Å². The predicted molar refractivity (Wildman–Crippen MR) is 84.3 cm³/mol. The number of urea groups is 1. The SMILES string of the molecule is CCNC(=O)N1CCN(C(=O)CCNC(=O)C(C)(C)C)CC1. The molecule has 0 aliphatic carbocycles. The van der Waals surface area contributed by atoms with Gasteiger partial charge in [-0.2, -0.15) is 0 Å². The van der Waals surface area contributed by atoms with Crippen LogP contribution in [0.15, 0.2) is 0 Å². The fourth-order valence-electron chi connectivity index (χ4n) is 2.13. The number of hydrogen-bond acceptors (Lipinski definition) is 3. The number of carbonyl (C=O) groups is 3. The van der Waals surface area contributed by atoms with Crippen LogP contribution in [0.3, 0.4) is 0 Å². The highest BCUT2D eigenvalue weighted by Gasteiger charge is 2.24. The van der Waals surface area contributed by atoms with Gasteiger partial charge in [0.25, 0.3) is 0 Å². The highest BCUT2D eigenvalue weighted by atomic mass is 16.2. The number of hydrogen-bond donors (Lipinski definition) is 2. The Balaban J connectivity index is 2.28. The van der Waals surface area contributed by atoms with Crippen LogP contribution in [-0.4, -0.2) is 66.9 Å². The second-order valence-corrected chi connectivity index (χ2v) is 6.46. The van der Waals surface area contributed by atoms with Gasteiger partial charge in [0.2, 0.25) is 11.8 Å². The molecule has 7 nitrogen and oxygen atoms in total. The van der Waals surface area contributed by atoms with Gasteiger partial charge < -0.3 is 20.4 Å². The quantitative estimate of drug-likeness (QED) is 0.789. The Morgan fingerprint density at radius 3 is 2.00 bits per heavy atom. The van der Waals surface area contributed by atoms with Gasteiger partial charge in [0.15, 0.2) is 0 Å². The summed E-state index contributed by atoms with van der Waals surface area (Å²) in [6.07, 6.45) is 0.295. The lowest BCUT2D eigenvalue weighted by atomic mass is 9.96. The molecule has 0 unspecified atom stereocenters. The first kappa shape index (κ1) is 18.3. The van der Waals surface area contributed by atoms with Gasteiger partial charge in [-0.25, -0.2) is 4.79 Å². The molecule has 1 saturated heterocycles. The summed E-state index contributed by atoms with van der Waals surface area (Å²) in [6.45, 7) is 10.5. The van der Waals surface area contributed by atoms with Crippen molar-refractivity contribution in [1.82, 2.24) is 20.4 Å². The molecular weight excluding hydrogens is 284 g/mol. The van der Waals surface area contributed by atoms with Crippen LogP contribution < -0.4 is 10.6 Å². The van der Waals surface area contributed by atoms with Crippen molar-refractivity contribution in [3.05, 3.63) is 0 Å². The Morgan fingerprint density at radius 1 is 0.955 bits per heavy atom. The molecule has 22 heavy (non-hydrogen) atoms. The van der Waals surface area contributed by atoms with Crippen molar-refractivity contribution in [2.45, 2.75) is 34.1 Å². The summed E-state index contributed by atoms with van der Waals surface area (Å²) in [5, 5.41) is 5.53. The third kappa shape index (κ3) is 5.54. The molecule has 0 bridgehead atoms. The van der Waals surface area contributed by atoms with E-state index in [-0.39, 0.29) is 17.8 Å². The summed E-state index contributed by atoms with van der Waals surface area (Å²) in [5.41, 5.74) is -0.443. The van der Waals surface area contributed by atoms with Crippen molar-refractivity contribution in [2.24, 2.45) is 5.41 Å². The van der Waals surface area contributed by atoms with Crippen molar-refractivity contribution in [2.75, 3.05) is 39.3 Å². The van der Waals surface area contributed by atoms with Crippen LogP contribution in [0.2, 0.25) is 0 Å². The molecule has 0 spiro atoms. The zero-order chi connectivity index (χ0) is 16.8. The molecule has 4 amide bonds. The fourth-order valence-corrected chi connectivity index (χ4v) is 2.13. The van der Waals surface area contributed by atoms with Gasteiger partial charge in [0, 0.05) is 51.1 Å². The molecule has 1 aliphatic rings. The van der Waals surface area contributed by atoms with E-state index in [0.29, 0.717) is 45.7 Å². The van der Waals surface area contributed by atoms with Gasteiger partial charge >= 0.3 is 6.03 Å². The van der Waals surface area contributed by atoms with E-state index in [0.717, 1.165) is 0 Å². The summed E-state index contributed by atoms with van der Waals surface area (Å²) in [7, 11) is 0. The monoisotopic (exact) mass is 312 g/mol. The minimum atomic E-state index is -0.443. The van der Waals surface area contributed by atoms with Crippen LogP contribution >= 0.6 is 0 Å². The maximum atomic E-state index is 12.1. The highest BCUT2D eigenvalue weighted by molar-refractivity contribution is 5.82. The van der Waals surface area contributed by atoms with Crippen molar-refractivity contribution >= 4 is 17.8 Å². The number of nitrogens with zero attached hydrogens (tertiary/aromatic N) is 2. The number of carbonyl (C=O) groups excluding carboxylic acids is 3. The molecule has 0 aromatic rings. The van der Waals surface area contributed by atoms with E-state index in [9.17, 15) is 14.4 Å². The second-order valence-electron chi connectivity index (χ2n) is 6.46. The zero-order valence-corrected chi connectivity index (χ0v) is 14.1. The minimum Gasteiger partial charge on any atom is -0.355 e. The van der Waals surface area contributed by atoms with E-state index in [1.54, 1.807) is 9.80 Å². The van der Waals surface area contributed by atoms with Crippen molar-refractivity contribution in [1.29, 1.82) is 0 Å².